The molecule has 1 saturated carbocycles. The lowest BCUT2D eigenvalue weighted by Crippen LogP contribution is -2.47. The number of carbonyl (C=O) groups is 2. The molecular formula is C12H20N2O3. The topological polar surface area (TPSA) is 60.9 Å². The third kappa shape index (κ3) is 3.61. The normalized spacial score (nSPS) is 20.1. The number of carboxylic acid groups (broad SMARTS) is 1. The van der Waals surface area contributed by atoms with E-state index in [1.807, 2.05) is 0 Å². The minimum atomic E-state index is -0.920. The van der Waals surface area contributed by atoms with Crippen LogP contribution in [0, 0.1) is 5.92 Å². The van der Waals surface area contributed by atoms with Gasteiger partial charge in [0.25, 0.3) is 0 Å². The zero-order valence-electron chi connectivity index (χ0n) is 10.1. The molecule has 5 heteroatoms. The molecule has 0 aromatic carbocycles. The van der Waals surface area contributed by atoms with E-state index in [2.05, 4.69) is 0 Å². The monoisotopic (exact) mass is 240 g/mol. The summed E-state index contributed by atoms with van der Waals surface area (Å²) in [5.41, 5.74) is 0. The van der Waals surface area contributed by atoms with Crippen molar-refractivity contribution in [1.82, 2.24) is 9.80 Å². The molecule has 0 bridgehead atoms. The highest BCUT2D eigenvalue weighted by Crippen LogP contribution is 2.30. The predicted octanol–water partition coefficient (Wildman–Crippen LogP) is 1.39. The Morgan fingerprint density at radius 1 is 1.18 bits per heavy atom. The summed E-state index contributed by atoms with van der Waals surface area (Å²) in [7, 11) is 0. The maximum absolute atomic E-state index is 12.2. The molecule has 5 nitrogen and oxygen atoms in total. The van der Waals surface area contributed by atoms with E-state index in [1.165, 1.54) is 11.3 Å². The second-order valence-corrected chi connectivity index (χ2v) is 5.05. The van der Waals surface area contributed by atoms with E-state index in [9.17, 15) is 9.59 Å². The van der Waals surface area contributed by atoms with Crippen LogP contribution >= 0.6 is 0 Å². The second kappa shape index (κ2) is 5.38. The molecule has 2 aliphatic rings. The van der Waals surface area contributed by atoms with Gasteiger partial charge >= 0.3 is 12.0 Å². The molecule has 1 aliphatic carbocycles. The van der Waals surface area contributed by atoms with Crippen LogP contribution in [0.3, 0.4) is 0 Å². The molecule has 1 N–H and O–H groups in total. The average Bonchev–Trinajstić information content (AvgIpc) is 3.12. The molecule has 1 aliphatic heterocycles. The Morgan fingerprint density at radius 3 is 2.35 bits per heavy atom. The summed E-state index contributed by atoms with van der Waals surface area (Å²) < 4.78 is 0. The minimum Gasteiger partial charge on any atom is -0.480 e. The predicted molar refractivity (Wildman–Crippen MR) is 62.8 cm³/mol. The Bertz CT molecular complexity index is 296. The molecule has 96 valence electrons. The molecule has 1 saturated heterocycles. The number of carboxylic acids is 1. The lowest BCUT2D eigenvalue weighted by Gasteiger charge is -2.32. The van der Waals surface area contributed by atoms with Crippen LogP contribution in [-0.4, -0.2) is 53.1 Å². The Morgan fingerprint density at radius 2 is 1.82 bits per heavy atom. The SMILES string of the molecule is O=C(O)CN(CC1CC1)C(=O)N1CCCCC1. The van der Waals surface area contributed by atoms with Crippen molar-refractivity contribution in [2.75, 3.05) is 26.2 Å². The third-order valence-corrected chi connectivity index (χ3v) is 3.40. The number of nitrogens with zero attached hydrogens (tertiary/aromatic N) is 2. The van der Waals surface area contributed by atoms with Crippen molar-refractivity contribution in [3.05, 3.63) is 0 Å². The summed E-state index contributed by atoms with van der Waals surface area (Å²) in [6.07, 6.45) is 5.50. The fourth-order valence-electron chi connectivity index (χ4n) is 2.27. The van der Waals surface area contributed by atoms with E-state index in [4.69, 9.17) is 5.11 Å². The smallest absolute Gasteiger partial charge is 0.323 e. The standard InChI is InChI=1S/C12H20N2O3/c15-11(16)9-14(8-10-4-5-10)12(17)13-6-2-1-3-7-13/h10H,1-9H2,(H,15,16). The van der Waals surface area contributed by atoms with Gasteiger partial charge in [-0.15, -0.1) is 0 Å². The van der Waals surface area contributed by atoms with Crippen molar-refractivity contribution >= 4 is 12.0 Å². The summed E-state index contributed by atoms with van der Waals surface area (Å²) in [6, 6.07) is -0.0843. The Balaban J connectivity index is 1.91. The van der Waals surface area contributed by atoms with Gasteiger partial charge in [0.2, 0.25) is 0 Å². The fraction of sp³-hybridized carbons (Fsp3) is 0.833. The number of hydrogen-bond donors (Lipinski definition) is 1. The maximum Gasteiger partial charge on any atom is 0.323 e. The van der Waals surface area contributed by atoms with Crippen molar-refractivity contribution in [2.24, 2.45) is 5.92 Å². The maximum atomic E-state index is 12.2. The van der Waals surface area contributed by atoms with Crippen LogP contribution in [0.15, 0.2) is 0 Å². The summed E-state index contributed by atoms with van der Waals surface area (Å²) in [5.74, 6) is -0.390. The molecular weight excluding hydrogens is 220 g/mol. The first-order valence-corrected chi connectivity index (χ1v) is 6.42. The summed E-state index contributed by atoms with van der Waals surface area (Å²) in [4.78, 5) is 26.3. The molecule has 2 amide bonds. The Kier molecular flexibility index (Phi) is 3.86. The Hall–Kier alpha value is -1.26. The third-order valence-electron chi connectivity index (χ3n) is 3.40. The van der Waals surface area contributed by atoms with Gasteiger partial charge in [0.1, 0.15) is 6.54 Å². The Labute approximate surface area is 101 Å². The van der Waals surface area contributed by atoms with Gasteiger partial charge in [0.15, 0.2) is 0 Å². The van der Waals surface area contributed by atoms with Crippen LogP contribution in [0.1, 0.15) is 32.1 Å². The van der Waals surface area contributed by atoms with Crippen LogP contribution in [0.5, 0.6) is 0 Å². The van der Waals surface area contributed by atoms with E-state index in [0.29, 0.717) is 12.5 Å². The first-order chi connectivity index (χ1) is 8.16. The van der Waals surface area contributed by atoms with Crippen molar-refractivity contribution in [1.29, 1.82) is 0 Å². The second-order valence-electron chi connectivity index (χ2n) is 5.05. The molecule has 0 unspecified atom stereocenters. The molecule has 17 heavy (non-hydrogen) atoms. The lowest BCUT2D eigenvalue weighted by molar-refractivity contribution is -0.137. The van der Waals surface area contributed by atoms with Crippen LogP contribution in [0.25, 0.3) is 0 Å². The number of piperidine rings is 1. The highest BCUT2D eigenvalue weighted by molar-refractivity contribution is 5.80. The summed E-state index contributed by atoms with van der Waals surface area (Å²) in [6.45, 7) is 2.01. The van der Waals surface area contributed by atoms with Crippen molar-refractivity contribution in [3.63, 3.8) is 0 Å². The van der Waals surface area contributed by atoms with Crippen LogP contribution < -0.4 is 0 Å². The summed E-state index contributed by atoms with van der Waals surface area (Å²) >= 11 is 0. The number of rotatable bonds is 4. The van der Waals surface area contributed by atoms with E-state index in [-0.39, 0.29) is 12.6 Å². The molecule has 1 heterocycles. The van der Waals surface area contributed by atoms with Gasteiger partial charge in [-0.05, 0) is 38.0 Å². The van der Waals surface area contributed by atoms with Gasteiger partial charge < -0.3 is 14.9 Å². The zero-order chi connectivity index (χ0) is 12.3. The number of hydrogen-bond acceptors (Lipinski definition) is 2. The highest BCUT2D eigenvalue weighted by Gasteiger charge is 2.30. The summed E-state index contributed by atoms with van der Waals surface area (Å²) in [5, 5.41) is 8.85. The molecule has 0 atom stereocenters. The van der Waals surface area contributed by atoms with Crippen molar-refractivity contribution < 1.29 is 14.7 Å². The van der Waals surface area contributed by atoms with Gasteiger partial charge in [0, 0.05) is 19.6 Å². The van der Waals surface area contributed by atoms with Gasteiger partial charge in [-0.1, -0.05) is 0 Å². The number of amides is 2. The van der Waals surface area contributed by atoms with E-state index in [0.717, 1.165) is 38.8 Å². The first kappa shape index (κ1) is 12.2. The van der Waals surface area contributed by atoms with Gasteiger partial charge in [-0.2, -0.15) is 0 Å². The average molecular weight is 240 g/mol. The van der Waals surface area contributed by atoms with Crippen LogP contribution in [-0.2, 0) is 4.79 Å². The number of carbonyl (C=O) groups excluding carboxylic acids is 1. The van der Waals surface area contributed by atoms with Gasteiger partial charge in [-0.3, -0.25) is 4.79 Å². The highest BCUT2D eigenvalue weighted by atomic mass is 16.4. The molecule has 2 rings (SSSR count). The molecule has 0 aromatic heterocycles. The number of urea groups is 1. The van der Waals surface area contributed by atoms with Crippen molar-refractivity contribution in [3.8, 4) is 0 Å². The minimum absolute atomic E-state index is 0.0843. The van der Waals surface area contributed by atoms with Crippen LogP contribution in [0.2, 0.25) is 0 Å². The van der Waals surface area contributed by atoms with Gasteiger partial charge in [-0.25, -0.2) is 4.79 Å². The lowest BCUT2D eigenvalue weighted by atomic mass is 10.1. The van der Waals surface area contributed by atoms with E-state index in [1.54, 1.807) is 4.90 Å². The zero-order valence-corrected chi connectivity index (χ0v) is 10.1. The number of aliphatic carboxylic acids is 1. The molecule has 2 fully saturated rings. The van der Waals surface area contributed by atoms with Crippen LogP contribution in [0.4, 0.5) is 4.79 Å². The van der Waals surface area contributed by atoms with E-state index >= 15 is 0 Å². The van der Waals surface area contributed by atoms with Crippen molar-refractivity contribution in [2.45, 2.75) is 32.1 Å². The quantitative estimate of drug-likeness (QED) is 0.807. The largest absolute Gasteiger partial charge is 0.480 e. The first-order valence-electron chi connectivity index (χ1n) is 6.42. The fourth-order valence-corrected chi connectivity index (χ4v) is 2.27. The number of likely N-dealkylation sites (tertiary alicyclic amines) is 1. The molecule has 0 aromatic rings. The molecule has 0 spiro atoms. The van der Waals surface area contributed by atoms with Gasteiger partial charge in [0.05, 0.1) is 0 Å². The van der Waals surface area contributed by atoms with E-state index < -0.39 is 5.97 Å². The molecule has 0 radical (unpaired) electrons.